The minimum absolute atomic E-state index is 0.282. The van der Waals surface area contributed by atoms with Crippen LogP contribution in [-0.4, -0.2) is 35.1 Å². The maximum Gasteiger partial charge on any atom is 0.225 e. The van der Waals surface area contributed by atoms with Crippen LogP contribution >= 0.6 is 0 Å². The molecule has 3 rings (SSSR count). The molecule has 1 atom stereocenters. The summed E-state index contributed by atoms with van der Waals surface area (Å²) in [7, 11) is 0. The average Bonchev–Trinajstić information content (AvgIpc) is 3.17. The number of nitrogens with one attached hydrogen (secondary N) is 1. The van der Waals surface area contributed by atoms with E-state index in [0.29, 0.717) is 5.54 Å². The van der Waals surface area contributed by atoms with Crippen LogP contribution < -0.4 is 10.2 Å². The highest BCUT2D eigenvalue weighted by Crippen LogP contribution is 2.38. The van der Waals surface area contributed by atoms with Gasteiger partial charge in [0.05, 0.1) is 5.69 Å². The third-order valence-electron chi connectivity index (χ3n) is 4.00. The summed E-state index contributed by atoms with van der Waals surface area (Å²) in [6.07, 6.45) is 6.35. The number of aromatic nitrogens is 2. The van der Waals surface area contributed by atoms with Crippen LogP contribution in [0.5, 0.6) is 0 Å². The summed E-state index contributed by atoms with van der Waals surface area (Å²) in [5, 5.41) is 3.60. The molecule has 1 unspecified atom stereocenters. The molecule has 4 heteroatoms. The maximum absolute atomic E-state index is 4.68. The Morgan fingerprint density at radius 2 is 2.39 bits per heavy atom. The van der Waals surface area contributed by atoms with E-state index in [1.165, 1.54) is 12.8 Å². The largest absolute Gasteiger partial charge is 0.338 e. The molecule has 18 heavy (non-hydrogen) atoms. The number of rotatable bonds is 3. The van der Waals surface area contributed by atoms with Crippen LogP contribution in [0.4, 0.5) is 5.95 Å². The number of hydrogen-bond donors (Lipinski definition) is 1. The van der Waals surface area contributed by atoms with E-state index in [0.717, 1.165) is 31.3 Å². The first-order valence-electron chi connectivity index (χ1n) is 6.68. The second kappa shape index (κ2) is 4.35. The molecule has 1 aromatic heterocycles. The van der Waals surface area contributed by atoms with Crippen molar-refractivity contribution in [2.75, 3.05) is 24.5 Å². The van der Waals surface area contributed by atoms with E-state index in [1.54, 1.807) is 0 Å². The molecule has 2 aliphatic rings. The number of piperazine rings is 1. The second-order valence-corrected chi connectivity index (χ2v) is 5.43. The van der Waals surface area contributed by atoms with Crippen molar-refractivity contribution in [3.63, 3.8) is 0 Å². The normalized spacial score (nSPS) is 22.8. The fourth-order valence-electron chi connectivity index (χ4n) is 2.50. The van der Waals surface area contributed by atoms with Crippen molar-refractivity contribution in [1.82, 2.24) is 15.3 Å². The summed E-state index contributed by atoms with van der Waals surface area (Å²) in [6.45, 7) is 9.01. The van der Waals surface area contributed by atoms with Gasteiger partial charge in [-0.15, -0.1) is 6.58 Å². The molecular formula is C14H20N4. The predicted molar refractivity (Wildman–Crippen MR) is 72.8 cm³/mol. The van der Waals surface area contributed by atoms with E-state index in [-0.39, 0.29) is 5.92 Å². The molecule has 1 aliphatic carbocycles. The van der Waals surface area contributed by atoms with Crippen molar-refractivity contribution in [2.24, 2.45) is 0 Å². The first kappa shape index (κ1) is 11.7. The quantitative estimate of drug-likeness (QED) is 0.822. The van der Waals surface area contributed by atoms with E-state index >= 15 is 0 Å². The van der Waals surface area contributed by atoms with Crippen molar-refractivity contribution in [1.29, 1.82) is 0 Å². The first-order valence-corrected chi connectivity index (χ1v) is 6.68. The van der Waals surface area contributed by atoms with Crippen LogP contribution in [0.15, 0.2) is 24.9 Å². The molecule has 0 bridgehead atoms. The van der Waals surface area contributed by atoms with Gasteiger partial charge in [-0.2, -0.15) is 0 Å². The summed E-state index contributed by atoms with van der Waals surface area (Å²) in [6, 6.07) is 1.98. The molecule has 1 aromatic rings. The molecule has 2 fully saturated rings. The molecule has 1 saturated carbocycles. The zero-order chi connectivity index (χ0) is 12.6. The van der Waals surface area contributed by atoms with Gasteiger partial charge in [-0.05, 0) is 18.9 Å². The lowest BCUT2D eigenvalue weighted by Crippen LogP contribution is -2.53. The highest BCUT2D eigenvalue weighted by molar-refractivity contribution is 5.35. The molecule has 96 valence electrons. The van der Waals surface area contributed by atoms with E-state index in [4.69, 9.17) is 0 Å². The third-order valence-corrected chi connectivity index (χ3v) is 4.00. The van der Waals surface area contributed by atoms with Crippen molar-refractivity contribution in [3.8, 4) is 0 Å². The van der Waals surface area contributed by atoms with Gasteiger partial charge < -0.3 is 10.2 Å². The minimum Gasteiger partial charge on any atom is -0.338 e. The standard InChI is InChI=1S/C14H20N4/c1-3-11(2)12-4-7-15-13(17-12)18-9-8-16-14(10-18)5-6-14/h3-4,7,11,16H,1,5-6,8-10H2,2H3. The Morgan fingerprint density at radius 1 is 1.56 bits per heavy atom. The van der Waals surface area contributed by atoms with Crippen molar-refractivity contribution < 1.29 is 0 Å². The Hall–Kier alpha value is -1.42. The van der Waals surface area contributed by atoms with Gasteiger partial charge in [0.25, 0.3) is 0 Å². The Labute approximate surface area is 108 Å². The Bertz CT molecular complexity index is 453. The molecule has 2 heterocycles. The van der Waals surface area contributed by atoms with E-state index in [1.807, 2.05) is 18.3 Å². The van der Waals surface area contributed by atoms with Gasteiger partial charge in [-0.3, -0.25) is 0 Å². The van der Waals surface area contributed by atoms with Gasteiger partial charge in [-0.25, -0.2) is 9.97 Å². The van der Waals surface area contributed by atoms with Crippen LogP contribution in [-0.2, 0) is 0 Å². The lowest BCUT2D eigenvalue weighted by atomic mass is 10.1. The van der Waals surface area contributed by atoms with E-state index in [9.17, 15) is 0 Å². The topological polar surface area (TPSA) is 41.1 Å². The van der Waals surface area contributed by atoms with Gasteiger partial charge in [0.2, 0.25) is 5.95 Å². The van der Waals surface area contributed by atoms with Crippen LogP contribution in [0.3, 0.4) is 0 Å². The molecule has 0 amide bonds. The van der Waals surface area contributed by atoms with Crippen LogP contribution in [0.1, 0.15) is 31.4 Å². The molecule has 4 nitrogen and oxygen atoms in total. The van der Waals surface area contributed by atoms with Crippen molar-refractivity contribution in [3.05, 3.63) is 30.6 Å². The van der Waals surface area contributed by atoms with Crippen molar-refractivity contribution in [2.45, 2.75) is 31.2 Å². The molecule has 1 saturated heterocycles. The fourth-order valence-corrected chi connectivity index (χ4v) is 2.50. The van der Waals surface area contributed by atoms with Gasteiger partial charge >= 0.3 is 0 Å². The smallest absolute Gasteiger partial charge is 0.225 e. The minimum atomic E-state index is 0.282. The third kappa shape index (κ3) is 2.12. The van der Waals surface area contributed by atoms with Gasteiger partial charge in [0.15, 0.2) is 0 Å². The Morgan fingerprint density at radius 3 is 3.11 bits per heavy atom. The maximum atomic E-state index is 4.68. The van der Waals surface area contributed by atoms with Crippen LogP contribution in [0.25, 0.3) is 0 Å². The highest BCUT2D eigenvalue weighted by Gasteiger charge is 2.45. The SMILES string of the molecule is C=CC(C)c1ccnc(N2CCNC3(CC3)C2)n1. The van der Waals surface area contributed by atoms with Crippen molar-refractivity contribution >= 4 is 5.95 Å². The number of allylic oxidation sites excluding steroid dienone is 1. The summed E-state index contributed by atoms with van der Waals surface area (Å²) in [5.74, 6) is 1.15. The zero-order valence-corrected chi connectivity index (χ0v) is 10.9. The molecule has 1 spiro atoms. The van der Waals surface area contributed by atoms with Gasteiger partial charge in [0.1, 0.15) is 0 Å². The average molecular weight is 244 g/mol. The number of hydrogen-bond acceptors (Lipinski definition) is 4. The summed E-state index contributed by atoms with van der Waals surface area (Å²) >= 11 is 0. The second-order valence-electron chi connectivity index (χ2n) is 5.43. The molecular weight excluding hydrogens is 224 g/mol. The van der Waals surface area contributed by atoms with Crippen LogP contribution in [0.2, 0.25) is 0 Å². The predicted octanol–water partition coefficient (Wildman–Crippen LogP) is 1.71. The number of nitrogens with zero attached hydrogens (tertiary/aromatic N) is 3. The van der Waals surface area contributed by atoms with Gasteiger partial charge in [-0.1, -0.05) is 13.0 Å². The Kier molecular flexibility index (Phi) is 2.82. The van der Waals surface area contributed by atoms with Gasteiger partial charge in [0, 0.05) is 37.3 Å². The fraction of sp³-hybridized carbons (Fsp3) is 0.571. The monoisotopic (exact) mass is 244 g/mol. The summed E-state index contributed by atoms with van der Waals surface area (Å²) < 4.78 is 0. The van der Waals surface area contributed by atoms with E-state index in [2.05, 4.69) is 33.7 Å². The molecule has 0 radical (unpaired) electrons. The molecule has 0 aromatic carbocycles. The summed E-state index contributed by atoms with van der Waals surface area (Å²) in [5.41, 5.74) is 1.42. The van der Waals surface area contributed by atoms with Crippen LogP contribution in [0, 0.1) is 0 Å². The number of anilines is 1. The lowest BCUT2D eigenvalue weighted by Gasteiger charge is -2.34. The highest BCUT2D eigenvalue weighted by atomic mass is 15.3. The zero-order valence-electron chi connectivity index (χ0n) is 10.9. The molecule has 1 aliphatic heterocycles. The lowest BCUT2D eigenvalue weighted by molar-refractivity contribution is 0.437. The first-order chi connectivity index (χ1) is 8.72. The summed E-state index contributed by atoms with van der Waals surface area (Å²) in [4.78, 5) is 11.4. The van der Waals surface area contributed by atoms with E-state index < -0.39 is 0 Å². The Balaban J connectivity index is 1.80. The molecule has 1 N–H and O–H groups in total.